The van der Waals surface area contributed by atoms with Gasteiger partial charge >= 0.3 is 0 Å². The fraction of sp³-hybridized carbons (Fsp3) is 0.321. The third-order valence-corrected chi connectivity index (χ3v) is 6.44. The predicted molar refractivity (Wildman–Crippen MR) is 131 cm³/mol. The number of ether oxygens (including phenoxy) is 3. The number of rotatable bonds is 8. The number of fused-ring (bicyclic) bond motifs is 1. The first-order chi connectivity index (χ1) is 16.7. The number of nitrogens with one attached hydrogen (secondary N) is 1. The summed E-state index contributed by atoms with van der Waals surface area (Å²) in [5.74, 6) is 1.35. The van der Waals surface area contributed by atoms with Crippen molar-refractivity contribution in [1.29, 1.82) is 0 Å². The molecule has 2 aliphatic heterocycles. The second-order valence-corrected chi connectivity index (χ2v) is 8.68. The Bertz CT molecular complexity index is 1130. The molecule has 0 aromatic heterocycles. The van der Waals surface area contributed by atoms with Crippen LogP contribution in [0.5, 0.6) is 11.5 Å². The van der Waals surface area contributed by atoms with Crippen LogP contribution in [0.1, 0.15) is 40.5 Å². The van der Waals surface area contributed by atoms with Crippen LogP contribution in [0.15, 0.2) is 72.8 Å². The first kappa shape index (κ1) is 22.3. The summed E-state index contributed by atoms with van der Waals surface area (Å²) in [7, 11) is 1.64. The molecule has 0 spiro atoms. The van der Waals surface area contributed by atoms with Crippen molar-refractivity contribution in [2.75, 3.05) is 32.2 Å². The van der Waals surface area contributed by atoms with Crippen molar-refractivity contribution in [2.24, 2.45) is 0 Å². The highest BCUT2D eigenvalue weighted by Gasteiger charge is 2.35. The van der Waals surface area contributed by atoms with Gasteiger partial charge < -0.3 is 24.4 Å². The van der Waals surface area contributed by atoms with E-state index in [1.54, 1.807) is 7.11 Å². The van der Waals surface area contributed by atoms with Gasteiger partial charge in [-0.2, -0.15) is 0 Å². The summed E-state index contributed by atoms with van der Waals surface area (Å²) in [5, 5.41) is 3.56. The second-order valence-electron chi connectivity index (χ2n) is 8.68. The summed E-state index contributed by atoms with van der Waals surface area (Å²) in [4.78, 5) is 15.3. The molecule has 1 fully saturated rings. The van der Waals surface area contributed by atoms with Gasteiger partial charge in [-0.15, -0.1) is 0 Å². The minimum atomic E-state index is -0.320. The molecule has 1 N–H and O–H groups in total. The normalized spacial score (nSPS) is 19.4. The highest BCUT2D eigenvalue weighted by molar-refractivity contribution is 6.01. The average molecular weight is 459 g/mol. The fourth-order valence-corrected chi connectivity index (χ4v) is 4.65. The van der Waals surface area contributed by atoms with Crippen LogP contribution in [0.2, 0.25) is 0 Å². The van der Waals surface area contributed by atoms with Crippen molar-refractivity contribution < 1.29 is 19.0 Å². The fourth-order valence-electron chi connectivity index (χ4n) is 4.65. The molecule has 0 bridgehead atoms. The average Bonchev–Trinajstić information content (AvgIpc) is 3.40. The van der Waals surface area contributed by atoms with Crippen molar-refractivity contribution in [3.8, 4) is 11.5 Å². The molecule has 3 aromatic carbocycles. The standard InChI is InChI=1S/C28H30N2O4/c1-32-26-18-21(13-14-25(26)34-17-15-20-8-3-2-4-9-20)27-29-24-12-6-5-11-23(24)28(31)30(27)19-22-10-7-16-33-22/h2-6,8-9,11-14,18,22,27,29H,7,10,15-17,19H2,1H3. The number of benzene rings is 3. The Labute approximate surface area is 200 Å². The molecule has 2 aliphatic rings. The second kappa shape index (κ2) is 10.2. The lowest BCUT2D eigenvalue weighted by Crippen LogP contribution is -2.46. The van der Waals surface area contributed by atoms with Crippen molar-refractivity contribution in [3.63, 3.8) is 0 Å². The third-order valence-electron chi connectivity index (χ3n) is 6.44. The van der Waals surface area contributed by atoms with E-state index in [0.29, 0.717) is 30.2 Å². The maximum atomic E-state index is 13.5. The van der Waals surface area contributed by atoms with Crippen molar-refractivity contribution >= 4 is 11.6 Å². The topological polar surface area (TPSA) is 60.0 Å². The van der Waals surface area contributed by atoms with Gasteiger partial charge in [0, 0.05) is 25.3 Å². The number of nitrogens with zero attached hydrogens (tertiary/aromatic N) is 1. The molecule has 2 atom stereocenters. The van der Waals surface area contributed by atoms with Gasteiger partial charge in [0.1, 0.15) is 6.17 Å². The van der Waals surface area contributed by atoms with Gasteiger partial charge in [-0.25, -0.2) is 0 Å². The van der Waals surface area contributed by atoms with Crippen LogP contribution in [-0.2, 0) is 11.2 Å². The first-order valence-corrected chi connectivity index (χ1v) is 11.9. The van der Waals surface area contributed by atoms with Crippen molar-refractivity contribution in [1.82, 2.24) is 4.90 Å². The van der Waals surface area contributed by atoms with Crippen LogP contribution < -0.4 is 14.8 Å². The van der Waals surface area contributed by atoms with E-state index < -0.39 is 0 Å². The van der Waals surface area contributed by atoms with Crippen molar-refractivity contribution in [3.05, 3.63) is 89.5 Å². The molecule has 2 unspecified atom stereocenters. The summed E-state index contributed by atoms with van der Waals surface area (Å²) < 4.78 is 17.6. The number of hydrogen-bond acceptors (Lipinski definition) is 5. The highest BCUT2D eigenvalue weighted by Crippen LogP contribution is 2.37. The lowest BCUT2D eigenvalue weighted by Gasteiger charge is -2.39. The summed E-state index contributed by atoms with van der Waals surface area (Å²) >= 11 is 0. The van der Waals surface area contributed by atoms with E-state index >= 15 is 0 Å². The van der Waals surface area contributed by atoms with E-state index in [1.807, 2.05) is 65.6 Å². The molecular weight excluding hydrogens is 428 g/mol. The Balaban J connectivity index is 1.38. The number of para-hydroxylation sites is 1. The molecule has 176 valence electrons. The van der Waals surface area contributed by atoms with Gasteiger partial charge in [-0.1, -0.05) is 48.5 Å². The molecule has 6 nitrogen and oxygen atoms in total. The maximum absolute atomic E-state index is 13.5. The van der Waals surface area contributed by atoms with Crippen LogP contribution in [0, 0.1) is 0 Å². The van der Waals surface area contributed by atoms with Gasteiger partial charge in [-0.05, 0) is 48.2 Å². The molecule has 0 aliphatic carbocycles. The van der Waals surface area contributed by atoms with Gasteiger partial charge in [0.2, 0.25) is 0 Å². The van der Waals surface area contributed by atoms with Crippen LogP contribution in [0.4, 0.5) is 5.69 Å². The number of amides is 1. The molecular formula is C28H30N2O4. The molecule has 0 saturated carbocycles. The Morgan fingerprint density at radius 1 is 1.03 bits per heavy atom. The summed E-state index contributed by atoms with van der Waals surface area (Å²) in [5.41, 5.74) is 3.69. The minimum absolute atomic E-state index is 0.0111. The number of methoxy groups -OCH3 is 1. The number of anilines is 1. The Kier molecular flexibility index (Phi) is 6.67. The van der Waals surface area contributed by atoms with Crippen molar-refractivity contribution in [2.45, 2.75) is 31.5 Å². The zero-order valence-corrected chi connectivity index (χ0v) is 19.4. The Morgan fingerprint density at radius 2 is 1.85 bits per heavy atom. The van der Waals surface area contributed by atoms with E-state index in [1.165, 1.54) is 5.56 Å². The SMILES string of the molecule is COc1cc(C2Nc3ccccc3C(=O)N2CC2CCCO2)ccc1OCCc1ccccc1. The van der Waals surface area contributed by atoms with Gasteiger partial charge in [0.05, 0.1) is 25.4 Å². The van der Waals surface area contributed by atoms with E-state index in [2.05, 4.69) is 17.4 Å². The van der Waals surface area contributed by atoms with Gasteiger partial charge in [0.15, 0.2) is 11.5 Å². The number of hydrogen-bond donors (Lipinski definition) is 1. The first-order valence-electron chi connectivity index (χ1n) is 11.9. The van der Waals surface area contributed by atoms with Gasteiger partial charge in [-0.3, -0.25) is 4.79 Å². The zero-order valence-electron chi connectivity index (χ0n) is 19.4. The summed E-state index contributed by atoms with van der Waals surface area (Å²) in [6.45, 7) is 1.85. The molecule has 3 aromatic rings. The lowest BCUT2D eigenvalue weighted by atomic mass is 10.0. The maximum Gasteiger partial charge on any atom is 0.257 e. The number of carbonyl (C=O) groups excluding carboxylic acids is 1. The van der Waals surface area contributed by atoms with Crippen LogP contribution >= 0.6 is 0 Å². The Morgan fingerprint density at radius 3 is 2.65 bits per heavy atom. The van der Waals surface area contributed by atoms with E-state index in [-0.39, 0.29) is 18.2 Å². The monoisotopic (exact) mass is 458 g/mol. The van der Waals surface area contributed by atoms with E-state index in [4.69, 9.17) is 14.2 Å². The predicted octanol–water partition coefficient (Wildman–Crippen LogP) is 5.06. The molecule has 5 rings (SSSR count). The summed E-state index contributed by atoms with van der Waals surface area (Å²) in [6, 6.07) is 23.8. The molecule has 1 amide bonds. The molecule has 6 heteroatoms. The molecule has 0 radical (unpaired) electrons. The molecule has 2 heterocycles. The van der Waals surface area contributed by atoms with E-state index in [0.717, 1.165) is 37.1 Å². The number of carbonyl (C=O) groups is 1. The van der Waals surface area contributed by atoms with Crippen LogP contribution in [-0.4, -0.2) is 43.8 Å². The highest BCUT2D eigenvalue weighted by atomic mass is 16.5. The minimum Gasteiger partial charge on any atom is -0.493 e. The zero-order chi connectivity index (χ0) is 23.3. The molecule has 1 saturated heterocycles. The largest absolute Gasteiger partial charge is 0.493 e. The Hall–Kier alpha value is -3.51. The third kappa shape index (κ3) is 4.73. The molecule has 34 heavy (non-hydrogen) atoms. The smallest absolute Gasteiger partial charge is 0.257 e. The summed E-state index contributed by atoms with van der Waals surface area (Å²) in [6.07, 6.45) is 2.55. The van der Waals surface area contributed by atoms with Crippen LogP contribution in [0.3, 0.4) is 0 Å². The van der Waals surface area contributed by atoms with Gasteiger partial charge in [0.25, 0.3) is 5.91 Å². The lowest BCUT2D eigenvalue weighted by molar-refractivity contribution is 0.0426. The van der Waals surface area contributed by atoms with E-state index in [9.17, 15) is 4.79 Å². The quantitative estimate of drug-likeness (QED) is 0.511. The van der Waals surface area contributed by atoms with Crippen LogP contribution in [0.25, 0.3) is 0 Å².